The molecular weight excluding hydrogens is 178 g/mol. The molecule has 0 amide bonds. The third-order valence-corrected chi connectivity index (χ3v) is 3.67. The zero-order chi connectivity index (χ0) is 10.1. The Bertz CT molecular complexity index is 225. The van der Waals surface area contributed by atoms with E-state index in [9.17, 15) is 4.79 Å². The molecule has 2 rings (SSSR count). The number of carbonyl (C=O) groups is 1. The fourth-order valence-electron chi connectivity index (χ4n) is 2.76. The highest BCUT2D eigenvalue weighted by atomic mass is 16.4. The van der Waals surface area contributed by atoms with E-state index in [4.69, 9.17) is 5.11 Å². The normalized spacial score (nSPS) is 30.5. The van der Waals surface area contributed by atoms with Crippen LogP contribution in [0.3, 0.4) is 0 Å². The van der Waals surface area contributed by atoms with Crippen molar-refractivity contribution in [2.75, 3.05) is 20.1 Å². The zero-order valence-electron chi connectivity index (χ0n) is 8.78. The van der Waals surface area contributed by atoms with E-state index in [1.165, 1.54) is 19.3 Å². The molecule has 2 unspecified atom stereocenters. The number of aliphatic carboxylic acids is 1. The van der Waals surface area contributed by atoms with E-state index in [-0.39, 0.29) is 0 Å². The average molecular weight is 197 g/mol. The molecule has 0 aromatic heterocycles. The van der Waals surface area contributed by atoms with Crippen LogP contribution in [0.2, 0.25) is 0 Å². The van der Waals surface area contributed by atoms with Gasteiger partial charge >= 0.3 is 5.97 Å². The molecule has 80 valence electrons. The summed E-state index contributed by atoms with van der Waals surface area (Å²) in [4.78, 5) is 13.1. The number of likely N-dealkylation sites (tertiary alicyclic amines) is 1. The number of carboxylic acids is 1. The van der Waals surface area contributed by atoms with Crippen molar-refractivity contribution in [3.63, 3.8) is 0 Å². The molecule has 1 aliphatic heterocycles. The van der Waals surface area contributed by atoms with Gasteiger partial charge in [-0.1, -0.05) is 0 Å². The molecule has 2 aliphatic rings. The molecule has 1 heterocycles. The van der Waals surface area contributed by atoms with Crippen LogP contribution in [0.25, 0.3) is 0 Å². The lowest BCUT2D eigenvalue weighted by atomic mass is 9.85. The second-order valence-corrected chi connectivity index (χ2v) is 4.91. The van der Waals surface area contributed by atoms with E-state index >= 15 is 0 Å². The van der Waals surface area contributed by atoms with Crippen LogP contribution >= 0.6 is 0 Å². The molecule has 0 spiro atoms. The molecule has 2 fully saturated rings. The Balaban J connectivity index is 1.92. The second kappa shape index (κ2) is 3.89. The van der Waals surface area contributed by atoms with Gasteiger partial charge in [0.1, 0.15) is 0 Å². The summed E-state index contributed by atoms with van der Waals surface area (Å²) in [5.74, 6) is 1.21. The van der Waals surface area contributed by atoms with Gasteiger partial charge in [-0.15, -0.1) is 0 Å². The number of rotatable bonds is 4. The summed E-state index contributed by atoms with van der Waals surface area (Å²) in [7, 11) is 2.13. The van der Waals surface area contributed by atoms with Crippen molar-refractivity contribution in [2.45, 2.75) is 25.7 Å². The third kappa shape index (κ3) is 2.27. The number of nitrogens with zero attached hydrogens (tertiary/aromatic N) is 1. The molecule has 0 aromatic rings. The first-order valence-corrected chi connectivity index (χ1v) is 5.57. The van der Waals surface area contributed by atoms with Crippen molar-refractivity contribution in [2.24, 2.45) is 17.8 Å². The lowest BCUT2D eigenvalue weighted by molar-refractivity contribution is -0.138. The van der Waals surface area contributed by atoms with Gasteiger partial charge in [0, 0.05) is 13.0 Å². The number of hydrogen-bond donors (Lipinski definition) is 1. The number of hydrogen-bond acceptors (Lipinski definition) is 2. The first kappa shape index (κ1) is 9.97. The summed E-state index contributed by atoms with van der Waals surface area (Å²) < 4.78 is 0. The average Bonchev–Trinajstić information content (AvgIpc) is 2.85. The SMILES string of the molecule is CN1CCC(C(CC(=O)O)C2CC2)C1. The Morgan fingerprint density at radius 2 is 2.14 bits per heavy atom. The quantitative estimate of drug-likeness (QED) is 0.741. The van der Waals surface area contributed by atoms with Crippen LogP contribution < -0.4 is 0 Å². The molecular formula is C11H19NO2. The topological polar surface area (TPSA) is 40.5 Å². The van der Waals surface area contributed by atoms with Crippen LogP contribution in [0.15, 0.2) is 0 Å². The van der Waals surface area contributed by atoms with Crippen LogP contribution in [0, 0.1) is 17.8 Å². The van der Waals surface area contributed by atoms with Crippen LogP contribution in [0.1, 0.15) is 25.7 Å². The highest BCUT2D eigenvalue weighted by molar-refractivity contribution is 5.67. The molecule has 1 N–H and O–H groups in total. The van der Waals surface area contributed by atoms with Crippen LogP contribution in [-0.4, -0.2) is 36.1 Å². The molecule has 0 radical (unpaired) electrons. The molecule has 1 aliphatic carbocycles. The standard InChI is InChI=1S/C11H19NO2/c1-12-5-4-9(7-12)10(6-11(13)14)8-2-3-8/h8-10H,2-7H2,1H3,(H,13,14). The van der Waals surface area contributed by atoms with Crippen LogP contribution in [0.4, 0.5) is 0 Å². The molecule has 1 saturated carbocycles. The Hall–Kier alpha value is -0.570. The summed E-state index contributed by atoms with van der Waals surface area (Å²) in [6.07, 6.45) is 4.12. The minimum absolute atomic E-state index is 0.392. The van der Waals surface area contributed by atoms with Gasteiger partial charge in [-0.25, -0.2) is 0 Å². The summed E-state index contributed by atoms with van der Waals surface area (Å²) in [6.45, 7) is 2.25. The van der Waals surface area contributed by atoms with Crippen molar-refractivity contribution < 1.29 is 9.90 Å². The minimum Gasteiger partial charge on any atom is -0.481 e. The molecule has 3 nitrogen and oxygen atoms in total. The predicted octanol–water partition coefficient (Wildman–Crippen LogP) is 1.44. The fraction of sp³-hybridized carbons (Fsp3) is 0.909. The third-order valence-electron chi connectivity index (χ3n) is 3.67. The van der Waals surface area contributed by atoms with Gasteiger partial charge in [0.05, 0.1) is 0 Å². The molecule has 14 heavy (non-hydrogen) atoms. The monoisotopic (exact) mass is 197 g/mol. The Morgan fingerprint density at radius 1 is 1.43 bits per heavy atom. The van der Waals surface area contributed by atoms with Crippen molar-refractivity contribution in [1.29, 1.82) is 0 Å². The minimum atomic E-state index is -0.614. The highest BCUT2D eigenvalue weighted by Crippen LogP contribution is 2.44. The zero-order valence-corrected chi connectivity index (χ0v) is 8.78. The van der Waals surface area contributed by atoms with Gasteiger partial charge in [-0.05, 0) is 50.6 Å². The summed E-state index contributed by atoms with van der Waals surface area (Å²) in [5.41, 5.74) is 0. The highest BCUT2D eigenvalue weighted by Gasteiger charge is 2.39. The lowest BCUT2D eigenvalue weighted by Crippen LogP contribution is -2.23. The Kier molecular flexibility index (Phi) is 2.77. The van der Waals surface area contributed by atoms with Crippen molar-refractivity contribution in [1.82, 2.24) is 4.90 Å². The molecule has 3 heteroatoms. The Labute approximate surface area is 85.1 Å². The Morgan fingerprint density at radius 3 is 2.57 bits per heavy atom. The smallest absolute Gasteiger partial charge is 0.303 e. The van der Waals surface area contributed by atoms with Crippen molar-refractivity contribution in [3.8, 4) is 0 Å². The van der Waals surface area contributed by atoms with Gasteiger partial charge in [0.25, 0.3) is 0 Å². The first-order valence-electron chi connectivity index (χ1n) is 5.57. The maximum Gasteiger partial charge on any atom is 0.303 e. The predicted molar refractivity (Wildman–Crippen MR) is 54.1 cm³/mol. The maximum atomic E-state index is 10.8. The largest absolute Gasteiger partial charge is 0.481 e. The van der Waals surface area contributed by atoms with Crippen molar-refractivity contribution in [3.05, 3.63) is 0 Å². The summed E-state index contributed by atoms with van der Waals surface area (Å²) in [6, 6.07) is 0. The van der Waals surface area contributed by atoms with Gasteiger partial charge < -0.3 is 10.0 Å². The lowest BCUT2D eigenvalue weighted by Gasteiger charge is -2.21. The summed E-state index contributed by atoms with van der Waals surface area (Å²) >= 11 is 0. The van der Waals surface area contributed by atoms with Crippen LogP contribution in [0.5, 0.6) is 0 Å². The van der Waals surface area contributed by atoms with Gasteiger partial charge in [0.2, 0.25) is 0 Å². The van der Waals surface area contributed by atoms with Crippen LogP contribution in [-0.2, 0) is 4.79 Å². The maximum absolute atomic E-state index is 10.8. The molecule has 0 bridgehead atoms. The fourth-order valence-corrected chi connectivity index (χ4v) is 2.76. The van der Waals surface area contributed by atoms with Crippen molar-refractivity contribution >= 4 is 5.97 Å². The van der Waals surface area contributed by atoms with Gasteiger partial charge in [-0.3, -0.25) is 4.79 Å². The first-order chi connectivity index (χ1) is 6.66. The summed E-state index contributed by atoms with van der Waals surface area (Å²) in [5, 5.41) is 8.87. The van der Waals surface area contributed by atoms with Gasteiger partial charge in [-0.2, -0.15) is 0 Å². The number of carboxylic acid groups (broad SMARTS) is 1. The second-order valence-electron chi connectivity index (χ2n) is 4.91. The molecule has 1 saturated heterocycles. The van der Waals surface area contributed by atoms with E-state index in [1.54, 1.807) is 0 Å². The molecule has 0 aromatic carbocycles. The van der Waals surface area contributed by atoms with E-state index in [0.29, 0.717) is 18.3 Å². The molecule has 2 atom stereocenters. The van der Waals surface area contributed by atoms with Gasteiger partial charge in [0.15, 0.2) is 0 Å². The van der Waals surface area contributed by atoms with E-state index < -0.39 is 5.97 Å². The van der Waals surface area contributed by atoms with E-state index in [1.807, 2.05) is 0 Å². The van der Waals surface area contributed by atoms with E-state index in [2.05, 4.69) is 11.9 Å². The van der Waals surface area contributed by atoms with E-state index in [0.717, 1.165) is 19.0 Å².